The minimum atomic E-state index is -0.406. The number of likely N-dealkylation sites (N-methyl/N-ethyl adjacent to an activating group) is 1. The van der Waals surface area contributed by atoms with Crippen LogP contribution in [0.1, 0.15) is 5.69 Å². The maximum atomic E-state index is 12.9. The molecule has 0 saturated carbocycles. The van der Waals surface area contributed by atoms with Gasteiger partial charge in [-0.05, 0) is 30.3 Å². The Morgan fingerprint density at radius 2 is 1.78 bits per heavy atom. The topological polar surface area (TPSA) is 95.2 Å². The zero-order valence-corrected chi connectivity index (χ0v) is 14.5. The van der Waals surface area contributed by atoms with Crippen molar-refractivity contribution in [1.29, 1.82) is 0 Å². The molecular formula is C19H17FN4O3. The highest BCUT2D eigenvalue weighted by atomic mass is 19.1. The highest BCUT2D eigenvalue weighted by Gasteiger charge is 2.16. The van der Waals surface area contributed by atoms with Crippen molar-refractivity contribution in [1.82, 2.24) is 15.1 Å². The molecule has 8 heteroatoms. The van der Waals surface area contributed by atoms with Crippen molar-refractivity contribution in [3.05, 3.63) is 70.4 Å². The number of halogens is 1. The number of anilines is 1. The van der Waals surface area contributed by atoms with Gasteiger partial charge in [0.25, 0.3) is 5.56 Å². The molecule has 2 N–H and O–H groups in total. The number of aromatic nitrogens is 2. The summed E-state index contributed by atoms with van der Waals surface area (Å²) in [7, 11) is 1.50. The van der Waals surface area contributed by atoms with Crippen LogP contribution < -0.4 is 10.9 Å². The van der Waals surface area contributed by atoms with Gasteiger partial charge in [0.2, 0.25) is 11.8 Å². The second kappa shape index (κ2) is 7.77. The number of nitrogens with zero attached hydrogens (tertiary/aromatic N) is 2. The summed E-state index contributed by atoms with van der Waals surface area (Å²) in [5, 5.41) is 9.98. The Balaban J connectivity index is 1.66. The molecule has 0 fully saturated rings. The molecule has 0 atom stereocenters. The first-order valence-electron chi connectivity index (χ1n) is 8.19. The van der Waals surface area contributed by atoms with E-state index in [-0.39, 0.29) is 24.4 Å². The number of benzene rings is 2. The predicted octanol–water partition coefficient (Wildman–Crippen LogP) is 1.70. The van der Waals surface area contributed by atoms with Gasteiger partial charge in [-0.1, -0.05) is 18.2 Å². The summed E-state index contributed by atoms with van der Waals surface area (Å²) >= 11 is 0. The van der Waals surface area contributed by atoms with Crippen molar-refractivity contribution in [2.75, 3.05) is 18.9 Å². The third-order valence-corrected chi connectivity index (χ3v) is 4.03. The molecule has 0 bridgehead atoms. The third kappa shape index (κ3) is 4.35. The summed E-state index contributed by atoms with van der Waals surface area (Å²) < 4.78 is 12.9. The maximum absolute atomic E-state index is 12.9. The highest BCUT2D eigenvalue weighted by Crippen LogP contribution is 2.13. The Labute approximate surface area is 153 Å². The SMILES string of the molecule is CN(CC(=O)Nc1ccc(F)cc1)C(=O)Cc1n[nH]c(=O)c2ccccc12. The van der Waals surface area contributed by atoms with E-state index in [1.54, 1.807) is 24.3 Å². The Kier molecular flexibility index (Phi) is 5.25. The summed E-state index contributed by atoms with van der Waals surface area (Å²) in [5.74, 6) is -1.13. The smallest absolute Gasteiger partial charge is 0.272 e. The molecular weight excluding hydrogens is 351 g/mol. The van der Waals surface area contributed by atoms with Crippen molar-refractivity contribution in [3.63, 3.8) is 0 Å². The Hall–Kier alpha value is -3.55. The lowest BCUT2D eigenvalue weighted by Crippen LogP contribution is -2.36. The van der Waals surface area contributed by atoms with E-state index in [2.05, 4.69) is 15.5 Å². The quantitative estimate of drug-likeness (QED) is 0.717. The number of fused-ring (bicyclic) bond motifs is 1. The second-order valence-electron chi connectivity index (χ2n) is 6.03. The number of hydrogen-bond acceptors (Lipinski definition) is 4. The van der Waals surface area contributed by atoms with Gasteiger partial charge in [0.15, 0.2) is 0 Å². The average Bonchev–Trinajstić information content (AvgIpc) is 2.66. The minimum Gasteiger partial charge on any atom is -0.336 e. The van der Waals surface area contributed by atoms with E-state index in [0.29, 0.717) is 22.2 Å². The largest absolute Gasteiger partial charge is 0.336 e. The maximum Gasteiger partial charge on any atom is 0.272 e. The fourth-order valence-electron chi connectivity index (χ4n) is 2.62. The summed E-state index contributed by atoms with van der Waals surface area (Å²) in [6, 6.07) is 12.2. The fraction of sp³-hybridized carbons (Fsp3) is 0.158. The molecule has 1 heterocycles. The summed E-state index contributed by atoms with van der Waals surface area (Å²) in [6.45, 7) is -0.169. The summed E-state index contributed by atoms with van der Waals surface area (Å²) in [5.41, 5.74) is 0.547. The number of rotatable bonds is 5. The first-order chi connectivity index (χ1) is 12.9. The molecule has 0 saturated heterocycles. The molecule has 1 aromatic heterocycles. The standard InChI is InChI=1S/C19H17FN4O3/c1-24(11-17(25)21-13-8-6-12(20)7-9-13)18(26)10-16-14-4-2-3-5-15(14)19(27)23-22-16/h2-9H,10-11H2,1H3,(H,21,25)(H,23,27). The van der Waals surface area contributed by atoms with Crippen molar-refractivity contribution in [2.24, 2.45) is 0 Å². The van der Waals surface area contributed by atoms with Crippen LogP contribution in [-0.2, 0) is 16.0 Å². The van der Waals surface area contributed by atoms with Crippen LogP contribution in [0.4, 0.5) is 10.1 Å². The Bertz CT molecular complexity index is 1050. The van der Waals surface area contributed by atoms with Crippen LogP contribution in [0.2, 0.25) is 0 Å². The van der Waals surface area contributed by atoms with Gasteiger partial charge in [-0.2, -0.15) is 5.10 Å². The molecule has 0 aliphatic carbocycles. The van der Waals surface area contributed by atoms with Crippen LogP contribution in [-0.4, -0.2) is 40.5 Å². The van der Waals surface area contributed by atoms with E-state index in [0.717, 1.165) is 0 Å². The highest BCUT2D eigenvalue weighted by molar-refractivity contribution is 5.95. The molecule has 0 aliphatic rings. The van der Waals surface area contributed by atoms with Gasteiger partial charge in [-0.25, -0.2) is 9.49 Å². The molecule has 7 nitrogen and oxygen atoms in total. The van der Waals surface area contributed by atoms with Crippen LogP contribution in [0, 0.1) is 5.82 Å². The van der Waals surface area contributed by atoms with Crippen LogP contribution >= 0.6 is 0 Å². The summed E-state index contributed by atoms with van der Waals surface area (Å²) in [4.78, 5) is 37.6. The second-order valence-corrected chi connectivity index (χ2v) is 6.03. The molecule has 27 heavy (non-hydrogen) atoms. The number of carbonyl (C=O) groups excluding carboxylic acids is 2. The van der Waals surface area contributed by atoms with Crippen molar-refractivity contribution < 1.29 is 14.0 Å². The van der Waals surface area contributed by atoms with Gasteiger partial charge in [0.1, 0.15) is 5.82 Å². The zero-order chi connectivity index (χ0) is 19.4. The van der Waals surface area contributed by atoms with Gasteiger partial charge in [-0.3, -0.25) is 14.4 Å². The lowest BCUT2D eigenvalue weighted by molar-refractivity contribution is -0.132. The fourth-order valence-corrected chi connectivity index (χ4v) is 2.62. The van der Waals surface area contributed by atoms with E-state index >= 15 is 0 Å². The van der Waals surface area contributed by atoms with Gasteiger partial charge >= 0.3 is 0 Å². The average molecular weight is 368 g/mol. The molecule has 0 spiro atoms. The zero-order valence-electron chi connectivity index (χ0n) is 14.5. The van der Waals surface area contributed by atoms with Gasteiger partial charge in [0, 0.05) is 18.1 Å². The number of carbonyl (C=O) groups is 2. The van der Waals surface area contributed by atoms with Gasteiger partial charge in [-0.15, -0.1) is 0 Å². The molecule has 138 valence electrons. The van der Waals surface area contributed by atoms with Gasteiger partial charge in [0.05, 0.1) is 24.0 Å². The van der Waals surface area contributed by atoms with E-state index in [4.69, 9.17) is 0 Å². The molecule has 0 aliphatic heterocycles. The van der Waals surface area contributed by atoms with Crippen LogP contribution in [0.25, 0.3) is 10.8 Å². The van der Waals surface area contributed by atoms with Crippen LogP contribution in [0.15, 0.2) is 53.3 Å². The lowest BCUT2D eigenvalue weighted by atomic mass is 10.1. The van der Waals surface area contributed by atoms with Crippen molar-refractivity contribution in [2.45, 2.75) is 6.42 Å². The summed E-state index contributed by atoms with van der Waals surface area (Å²) in [6.07, 6.45) is -0.0579. The Morgan fingerprint density at radius 3 is 2.48 bits per heavy atom. The number of nitrogens with one attached hydrogen (secondary N) is 2. The van der Waals surface area contributed by atoms with Crippen LogP contribution in [0.5, 0.6) is 0 Å². The van der Waals surface area contributed by atoms with E-state index in [9.17, 15) is 18.8 Å². The monoisotopic (exact) mass is 368 g/mol. The number of amides is 2. The first kappa shape index (κ1) is 18.2. The molecule has 3 rings (SSSR count). The van der Waals surface area contributed by atoms with E-state index in [1.165, 1.54) is 36.2 Å². The minimum absolute atomic E-state index is 0.0579. The Morgan fingerprint density at radius 1 is 1.11 bits per heavy atom. The molecule has 0 radical (unpaired) electrons. The van der Waals surface area contributed by atoms with E-state index in [1.807, 2.05) is 0 Å². The normalized spacial score (nSPS) is 10.6. The molecule has 0 unspecified atom stereocenters. The van der Waals surface area contributed by atoms with Crippen molar-refractivity contribution >= 4 is 28.3 Å². The molecule has 3 aromatic rings. The number of H-pyrrole nitrogens is 1. The predicted molar refractivity (Wildman–Crippen MR) is 98.7 cm³/mol. The lowest BCUT2D eigenvalue weighted by Gasteiger charge is -2.17. The molecule has 2 aromatic carbocycles. The van der Waals surface area contributed by atoms with Crippen molar-refractivity contribution in [3.8, 4) is 0 Å². The number of hydrogen-bond donors (Lipinski definition) is 2. The van der Waals surface area contributed by atoms with Gasteiger partial charge < -0.3 is 10.2 Å². The van der Waals surface area contributed by atoms with E-state index < -0.39 is 11.7 Å². The molecule has 2 amide bonds. The third-order valence-electron chi connectivity index (χ3n) is 4.03. The number of aromatic amines is 1. The van der Waals surface area contributed by atoms with Crippen LogP contribution in [0.3, 0.4) is 0 Å². The first-order valence-corrected chi connectivity index (χ1v) is 8.19.